The van der Waals surface area contributed by atoms with Crippen LogP contribution in [0.5, 0.6) is 0 Å². The summed E-state index contributed by atoms with van der Waals surface area (Å²) >= 11 is 0. The minimum absolute atomic E-state index is 0.589. The van der Waals surface area contributed by atoms with Crippen molar-refractivity contribution < 1.29 is 0 Å². The normalized spacial score (nSPS) is 17.3. The van der Waals surface area contributed by atoms with E-state index in [-0.39, 0.29) is 0 Å². The van der Waals surface area contributed by atoms with Crippen LogP contribution in [-0.4, -0.2) is 17.6 Å². The standard InChI is InChI=1S/C13H21N3/c1-2-6-16-13(10-3-4-10)8-11-9-15-7-5-12(11)14/h5,7,9-10,13,16H,2-4,6,8H2,1H3,(H2,14,15). The fraction of sp³-hybridized carbons (Fsp3) is 0.615. The van der Waals surface area contributed by atoms with E-state index in [1.54, 1.807) is 6.20 Å². The van der Waals surface area contributed by atoms with Crippen LogP contribution in [0.2, 0.25) is 0 Å². The van der Waals surface area contributed by atoms with E-state index in [2.05, 4.69) is 17.2 Å². The maximum atomic E-state index is 5.95. The molecule has 3 heteroatoms. The molecule has 2 rings (SSSR count). The van der Waals surface area contributed by atoms with Gasteiger partial charge >= 0.3 is 0 Å². The van der Waals surface area contributed by atoms with Crippen molar-refractivity contribution in [1.82, 2.24) is 10.3 Å². The van der Waals surface area contributed by atoms with E-state index in [0.717, 1.165) is 24.6 Å². The quantitative estimate of drug-likeness (QED) is 0.769. The van der Waals surface area contributed by atoms with Crippen LogP contribution >= 0.6 is 0 Å². The van der Waals surface area contributed by atoms with Gasteiger partial charge < -0.3 is 11.1 Å². The van der Waals surface area contributed by atoms with Gasteiger partial charge in [-0.05, 0) is 49.8 Å². The summed E-state index contributed by atoms with van der Waals surface area (Å²) in [6, 6.07) is 2.48. The number of nitrogens with one attached hydrogen (secondary N) is 1. The van der Waals surface area contributed by atoms with Gasteiger partial charge in [0, 0.05) is 24.1 Å². The molecule has 1 saturated carbocycles. The van der Waals surface area contributed by atoms with Crippen molar-refractivity contribution in [2.75, 3.05) is 12.3 Å². The fourth-order valence-corrected chi connectivity index (χ4v) is 2.08. The summed E-state index contributed by atoms with van der Waals surface area (Å²) in [4.78, 5) is 4.15. The summed E-state index contributed by atoms with van der Waals surface area (Å²) in [5.74, 6) is 0.853. The van der Waals surface area contributed by atoms with Crippen molar-refractivity contribution in [3.05, 3.63) is 24.0 Å². The lowest BCUT2D eigenvalue weighted by Gasteiger charge is -2.18. The van der Waals surface area contributed by atoms with Crippen molar-refractivity contribution >= 4 is 5.69 Å². The van der Waals surface area contributed by atoms with Crippen LogP contribution in [0.15, 0.2) is 18.5 Å². The van der Waals surface area contributed by atoms with Gasteiger partial charge in [0.15, 0.2) is 0 Å². The zero-order valence-electron chi connectivity index (χ0n) is 9.95. The molecule has 16 heavy (non-hydrogen) atoms. The number of pyridine rings is 1. The minimum Gasteiger partial charge on any atom is -0.398 e. The first kappa shape index (κ1) is 11.4. The van der Waals surface area contributed by atoms with Crippen molar-refractivity contribution in [3.63, 3.8) is 0 Å². The maximum absolute atomic E-state index is 5.95. The van der Waals surface area contributed by atoms with Gasteiger partial charge in [-0.15, -0.1) is 0 Å². The summed E-state index contributed by atoms with van der Waals surface area (Å²) in [5, 5.41) is 3.62. The number of nitrogens with two attached hydrogens (primary N) is 1. The molecule has 1 aliphatic carbocycles. The molecular formula is C13H21N3. The van der Waals surface area contributed by atoms with Crippen LogP contribution < -0.4 is 11.1 Å². The van der Waals surface area contributed by atoms with Crippen molar-refractivity contribution in [2.45, 2.75) is 38.6 Å². The molecule has 1 atom stereocenters. The number of nitrogens with zero attached hydrogens (tertiary/aromatic N) is 1. The molecule has 1 aromatic heterocycles. The Bertz CT molecular complexity index is 334. The molecule has 88 valence electrons. The summed E-state index contributed by atoms with van der Waals surface area (Å²) in [6.07, 6.45) is 8.59. The van der Waals surface area contributed by atoms with Gasteiger partial charge in [0.05, 0.1) is 0 Å². The third kappa shape index (κ3) is 2.95. The number of hydrogen-bond donors (Lipinski definition) is 2. The average molecular weight is 219 g/mol. The van der Waals surface area contributed by atoms with Gasteiger partial charge in [0.25, 0.3) is 0 Å². The van der Waals surface area contributed by atoms with Gasteiger partial charge in [-0.2, -0.15) is 0 Å². The Morgan fingerprint density at radius 2 is 2.38 bits per heavy atom. The van der Waals surface area contributed by atoms with Crippen LogP contribution in [0.4, 0.5) is 5.69 Å². The molecule has 0 aromatic carbocycles. The average Bonchev–Trinajstić information content (AvgIpc) is 3.10. The highest BCUT2D eigenvalue weighted by Gasteiger charge is 2.30. The largest absolute Gasteiger partial charge is 0.398 e. The number of hydrogen-bond acceptors (Lipinski definition) is 3. The zero-order valence-corrected chi connectivity index (χ0v) is 9.95. The van der Waals surface area contributed by atoms with E-state index in [1.165, 1.54) is 24.8 Å². The molecule has 3 N–H and O–H groups in total. The predicted molar refractivity (Wildman–Crippen MR) is 67.2 cm³/mol. The Balaban J connectivity index is 1.97. The molecule has 0 spiro atoms. The Kier molecular flexibility index (Phi) is 3.78. The van der Waals surface area contributed by atoms with Crippen LogP contribution in [0.3, 0.4) is 0 Å². The molecule has 0 bridgehead atoms. The molecule has 1 aromatic rings. The topological polar surface area (TPSA) is 50.9 Å². The highest BCUT2D eigenvalue weighted by Crippen LogP contribution is 2.34. The van der Waals surface area contributed by atoms with Crippen molar-refractivity contribution in [1.29, 1.82) is 0 Å². The number of nitrogen functional groups attached to an aromatic ring is 1. The molecule has 1 fully saturated rings. The second-order valence-electron chi connectivity index (χ2n) is 4.68. The van der Waals surface area contributed by atoms with Crippen LogP contribution in [0.1, 0.15) is 31.7 Å². The lowest BCUT2D eigenvalue weighted by molar-refractivity contribution is 0.460. The first-order valence-corrected chi connectivity index (χ1v) is 6.23. The monoisotopic (exact) mass is 219 g/mol. The molecule has 0 aliphatic heterocycles. The number of rotatable bonds is 6. The lowest BCUT2D eigenvalue weighted by Crippen LogP contribution is -2.33. The molecule has 1 unspecified atom stereocenters. The molecule has 3 nitrogen and oxygen atoms in total. The second-order valence-corrected chi connectivity index (χ2v) is 4.68. The van der Waals surface area contributed by atoms with E-state index in [1.807, 2.05) is 12.3 Å². The Hall–Kier alpha value is -1.09. The molecule has 1 aliphatic rings. The lowest BCUT2D eigenvalue weighted by atomic mass is 10.0. The SMILES string of the molecule is CCCNC(Cc1cnccc1N)C1CC1. The Morgan fingerprint density at radius 1 is 1.56 bits per heavy atom. The first-order valence-electron chi connectivity index (χ1n) is 6.23. The van der Waals surface area contributed by atoms with Gasteiger partial charge in [-0.1, -0.05) is 6.92 Å². The smallest absolute Gasteiger partial charge is 0.0378 e. The van der Waals surface area contributed by atoms with Gasteiger partial charge in [-0.3, -0.25) is 4.98 Å². The molecule has 1 heterocycles. The molecule has 0 radical (unpaired) electrons. The number of aromatic nitrogens is 1. The van der Waals surface area contributed by atoms with Gasteiger partial charge in [-0.25, -0.2) is 0 Å². The minimum atomic E-state index is 0.589. The second kappa shape index (κ2) is 5.30. The van der Waals surface area contributed by atoms with Crippen LogP contribution in [0, 0.1) is 5.92 Å². The summed E-state index contributed by atoms with van der Waals surface area (Å²) < 4.78 is 0. The Labute approximate surface area is 97.5 Å². The summed E-state index contributed by atoms with van der Waals surface area (Å²) in [6.45, 7) is 3.30. The van der Waals surface area contributed by atoms with Gasteiger partial charge in [0.1, 0.15) is 0 Å². The predicted octanol–water partition coefficient (Wildman–Crippen LogP) is 1.98. The Morgan fingerprint density at radius 3 is 3.00 bits per heavy atom. The van der Waals surface area contributed by atoms with E-state index < -0.39 is 0 Å². The van der Waals surface area contributed by atoms with Gasteiger partial charge in [0.2, 0.25) is 0 Å². The molecule has 0 saturated heterocycles. The summed E-state index contributed by atoms with van der Waals surface area (Å²) in [7, 11) is 0. The molecular weight excluding hydrogens is 198 g/mol. The zero-order chi connectivity index (χ0) is 11.4. The van der Waals surface area contributed by atoms with Crippen molar-refractivity contribution in [2.24, 2.45) is 5.92 Å². The maximum Gasteiger partial charge on any atom is 0.0378 e. The molecule has 0 amide bonds. The first-order chi connectivity index (χ1) is 7.81. The fourth-order valence-electron chi connectivity index (χ4n) is 2.08. The third-order valence-electron chi connectivity index (χ3n) is 3.23. The van der Waals surface area contributed by atoms with Crippen LogP contribution in [-0.2, 0) is 6.42 Å². The van der Waals surface area contributed by atoms with E-state index >= 15 is 0 Å². The third-order valence-corrected chi connectivity index (χ3v) is 3.23. The van der Waals surface area contributed by atoms with Crippen LogP contribution in [0.25, 0.3) is 0 Å². The highest BCUT2D eigenvalue weighted by atomic mass is 14.9. The van der Waals surface area contributed by atoms with E-state index in [9.17, 15) is 0 Å². The summed E-state index contributed by atoms with van der Waals surface area (Å²) in [5.41, 5.74) is 8.01. The highest BCUT2D eigenvalue weighted by molar-refractivity contribution is 5.44. The number of anilines is 1. The van der Waals surface area contributed by atoms with Crippen molar-refractivity contribution in [3.8, 4) is 0 Å². The van der Waals surface area contributed by atoms with E-state index in [0.29, 0.717) is 6.04 Å². The van der Waals surface area contributed by atoms with E-state index in [4.69, 9.17) is 5.73 Å².